The highest BCUT2D eigenvalue weighted by atomic mass is 32.1. The zero-order valence-electron chi connectivity index (χ0n) is 10.1. The second kappa shape index (κ2) is 5.68. The number of nitrogens with one attached hydrogen (secondary N) is 1. The molecule has 1 aromatic heterocycles. The van der Waals surface area contributed by atoms with Crippen molar-refractivity contribution >= 4 is 16.7 Å². The number of phenols is 2. The third-order valence-corrected chi connectivity index (χ3v) is 3.22. The average Bonchev–Trinajstić information content (AvgIpc) is 2.82. The summed E-state index contributed by atoms with van der Waals surface area (Å²) in [6.45, 7) is 2.73. The second-order valence-corrected chi connectivity index (χ2v) is 4.62. The van der Waals surface area contributed by atoms with Gasteiger partial charge in [-0.3, -0.25) is 0 Å². The zero-order valence-corrected chi connectivity index (χ0v) is 10.9. The lowest BCUT2D eigenvalue weighted by Gasteiger charge is -2.04. The molecule has 96 valence electrons. The molecule has 0 atom stereocenters. The van der Waals surface area contributed by atoms with Crippen molar-refractivity contribution in [1.82, 2.24) is 9.36 Å². The first-order valence-corrected chi connectivity index (χ1v) is 6.53. The van der Waals surface area contributed by atoms with Crippen LogP contribution in [0.1, 0.15) is 18.3 Å². The first-order chi connectivity index (χ1) is 8.69. The molecular formula is C12H15N3O2S. The van der Waals surface area contributed by atoms with Crippen LogP contribution < -0.4 is 5.32 Å². The standard InChI is InChI=1S/C12H15N3O2S/c1-2-11-14-12(18-15-11)13-6-5-8-3-4-9(16)10(17)7-8/h3-4,7,16-17H,2,5-6H2,1H3,(H,13,14,15). The molecule has 0 amide bonds. The topological polar surface area (TPSA) is 78.3 Å². The minimum Gasteiger partial charge on any atom is -0.504 e. The molecule has 2 rings (SSSR count). The molecule has 0 bridgehead atoms. The molecule has 0 spiro atoms. The van der Waals surface area contributed by atoms with Crippen LogP contribution in [-0.4, -0.2) is 26.1 Å². The molecule has 0 aliphatic rings. The van der Waals surface area contributed by atoms with Crippen molar-refractivity contribution in [2.24, 2.45) is 0 Å². The van der Waals surface area contributed by atoms with E-state index in [1.165, 1.54) is 17.6 Å². The molecule has 0 saturated carbocycles. The summed E-state index contributed by atoms with van der Waals surface area (Å²) in [5.74, 6) is 0.671. The maximum atomic E-state index is 9.36. The Kier molecular flexibility index (Phi) is 3.99. The lowest BCUT2D eigenvalue weighted by Crippen LogP contribution is -2.04. The van der Waals surface area contributed by atoms with E-state index in [4.69, 9.17) is 0 Å². The molecule has 0 unspecified atom stereocenters. The van der Waals surface area contributed by atoms with Gasteiger partial charge in [-0.25, -0.2) is 4.98 Å². The number of nitrogens with zero attached hydrogens (tertiary/aromatic N) is 2. The first-order valence-electron chi connectivity index (χ1n) is 5.76. The van der Waals surface area contributed by atoms with Gasteiger partial charge in [0.1, 0.15) is 5.82 Å². The predicted molar refractivity (Wildman–Crippen MR) is 71.3 cm³/mol. The quantitative estimate of drug-likeness (QED) is 0.722. The molecule has 0 saturated heterocycles. The normalized spacial score (nSPS) is 10.5. The van der Waals surface area contributed by atoms with E-state index < -0.39 is 0 Å². The Morgan fingerprint density at radius 1 is 1.28 bits per heavy atom. The molecule has 0 fully saturated rings. The van der Waals surface area contributed by atoms with Gasteiger partial charge in [0.25, 0.3) is 0 Å². The van der Waals surface area contributed by atoms with Crippen molar-refractivity contribution in [3.05, 3.63) is 29.6 Å². The molecular weight excluding hydrogens is 250 g/mol. The van der Waals surface area contributed by atoms with Crippen molar-refractivity contribution in [3.8, 4) is 11.5 Å². The summed E-state index contributed by atoms with van der Waals surface area (Å²) in [6, 6.07) is 4.84. The van der Waals surface area contributed by atoms with Crippen LogP contribution in [0.25, 0.3) is 0 Å². The van der Waals surface area contributed by atoms with Crippen molar-refractivity contribution in [1.29, 1.82) is 0 Å². The molecule has 5 nitrogen and oxygen atoms in total. The van der Waals surface area contributed by atoms with Crippen molar-refractivity contribution in [2.45, 2.75) is 19.8 Å². The number of phenolic OH excluding ortho intramolecular Hbond substituents is 2. The van der Waals surface area contributed by atoms with E-state index in [-0.39, 0.29) is 11.5 Å². The highest BCUT2D eigenvalue weighted by Gasteiger charge is 2.03. The third kappa shape index (κ3) is 3.10. The number of rotatable bonds is 5. The Balaban J connectivity index is 1.86. The van der Waals surface area contributed by atoms with E-state index >= 15 is 0 Å². The molecule has 18 heavy (non-hydrogen) atoms. The van der Waals surface area contributed by atoms with Crippen LogP contribution >= 0.6 is 11.5 Å². The summed E-state index contributed by atoms with van der Waals surface area (Å²) >= 11 is 1.35. The van der Waals surface area contributed by atoms with Crippen LogP contribution in [0.15, 0.2) is 18.2 Å². The van der Waals surface area contributed by atoms with Gasteiger partial charge in [-0.2, -0.15) is 4.37 Å². The summed E-state index contributed by atoms with van der Waals surface area (Å²) < 4.78 is 4.18. The number of hydrogen-bond donors (Lipinski definition) is 3. The highest BCUT2D eigenvalue weighted by Crippen LogP contribution is 2.25. The van der Waals surface area contributed by atoms with Crippen LogP contribution in [0.3, 0.4) is 0 Å². The van der Waals surface area contributed by atoms with Gasteiger partial charge in [-0.05, 0) is 24.1 Å². The number of hydrogen-bond acceptors (Lipinski definition) is 6. The number of anilines is 1. The Bertz CT molecular complexity index is 528. The predicted octanol–water partition coefficient (Wildman–Crippen LogP) is 2.17. The average molecular weight is 265 g/mol. The molecule has 0 radical (unpaired) electrons. The molecule has 6 heteroatoms. The number of aromatic hydroxyl groups is 2. The van der Waals surface area contributed by atoms with Crippen LogP contribution in [0, 0.1) is 0 Å². The van der Waals surface area contributed by atoms with E-state index in [9.17, 15) is 10.2 Å². The largest absolute Gasteiger partial charge is 0.504 e. The van der Waals surface area contributed by atoms with E-state index in [2.05, 4.69) is 14.7 Å². The van der Waals surface area contributed by atoms with Gasteiger partial charge >= 0.3 is 0 Å². The Labute approximate surface area is 109 Å². The fourth-order valence-electron chi connectivity index (χ4n) is 1.51. The fraction of sp³-hybridized carbons (Fsp3) is 0.333. The summed E-state index contributed by atoms with van der Waals surface area (Å²) in [5, 5.41) is 22.6. The number of aryl methyl sites for hydroxylation is 1. The number of aromatic nitrogens is 2. The Morgan fingerprint density at radius 2 is 2.11 bits per heavy atom. The fourth-order valence-corrected chi connectivity index (χ4v) is 2.18. The lowest BCUT2D eigenvalue weighted by atomic mass is 10.1. The summed E-state index contributed by atoms with van der Waals surface area (Å²) in [6.07, 6.45) is 1.58. The molecule has 1 aromatic carbocycles. The Hall–Kier alpha value is -1.82. The van der Waals surface area contributed by atoms with Crippen LogP contribution in [0.2, 0.25) is 0 Å². The summed E-state index contributed by atoms with van der Waals surface area (Å²) in [7, 11) is 0. The summed E-state index contributed by atoms with van der Waals surface area (Å²) in [5.41, 5.74) is 0.957. The maximum absolute atomic E-state index is 9.36. The monoisotopic (exact) mass is 265 g/mol. The number of benzene rings is 1. The van der Waals surface area contributed by atoms with E-state index in [1.807, 2.05) is 6.92 Å². The van der Waals surface area contributed by atoms with Gasteiger partial charge in [0.05, 0.1) is 0 Å². The lowest BCUT2D eigenvalue weighted by molar-refractivity contribution is 0.403. The van der Waals surface area contributed by atoms with Crippen LogP contribution in [0.4, 0.5) is 5.13 Å². The highest BCUT2D eigenvalue weighted by molar-refractivity contribution is 7.09. The maximum Gasteiger partial charge on any atom is 0.202 e. The molecule has 1 heterocycles. The van der Waals surface area contributed by atoms with Crippen LogP contribution in [0.5, 0.6) is 11.5 Å². The SMILES string of the molecule is CCc1nsc(NCCc2ccc(O)c(O)c2)n1. The molecule has 2 aromatic rings. The van der Waals surface area contributed by atoms with Crippen molar-refractivity contribution in [3.63, 3.8) is 0 Å². The zero-order chi connectivity index (χ0) is 13.0. The van der Waals surface area contributed by atoms with Crippen molar-refractivity contribution < 1.29 is 10.2 Å². The summed E-state index contributed by atoms with van der Waals surface area (Å²) in [4.78, 5) is 4.30. The van der Waals surface area contributed by atoms with Gasteiger partial charge in [0, 0.05) is 24.5 Å². The molecule has 0 aliphatic carbocycles. The van der Waals surface area contributed by atoms with E-state index in [1.54, 1.807) is 12.1 Å². The minimum absolute atomic E-state index is 0.0864. The Morgan fingerprint density at radius 3 is 2.78 bits per heavy atom. The van der Waals surface area contributed by atoms with Gasteiger partial charge in [0.15, 0.2) is 11.5 Å². The van der Waals surface area contributed by atoms with E-state index in [0.29, 0.717) is 6.54 Å². The molecule has 3 N–H and O–H groups in total. The van der Waals surface area contributed by atoms with Gasteiger partial charge in [-0.1, -0.05) is 13.0 Å². The molecule has 0 aliphatic heterocycles. The first kappa shape index (κ1) is 12.6. The van der Waals surface area contributed by atoms with Crippen LogP contribution in [-0.2, 0) is 12.8 Å². The van der Waals surface area contributed by atoms with Gasteiger partial charge in [-0.15, -0.1) is 0 Å². The van der Waals surface area contributed by atoms with Crippen molar-refractivity contribution in [2.75, 3.05) is 11.9 Å². The van der Waals surface area contributed by atoms with E-state index in [0.717, 1.165) is 29.4 Å². The second-order valence-electron chi connectivity index (χ2n) is 3.87. The smallest absolute Gasteiger partial charge is 0.202 e. The third-order valence-electron chi connectivity index (χ3n) is 2.51. The van der Waals surface area contributed by atoms with Gasteiger partial charge in [0.2, 0.25) is 5.13 Å². The minimum atomic E-state index is -0.0941. The van der Waals surface area contributed by atoms with Gasteiger partial charge < -0.3 is 15.5 Å².